The fraction of sp³-hybridized carbons (Fsp3) is 0.476. The normalized spacial score (nSPS) is 25.6. The van der Waals surface area contributed by atoms with E-state index in [4.69, 9.17) is 16.6 Å². The maximum Gasteiger partial charge on any atom is 0.304 e. The van der Waals surface area contributed by atoms with Crippen LogP contribution in [0.3, 0.4) is 0 Å². The molecule has 5 nitrogen and oxygen atoms in total. The zero-order valence-corrected chi connectivity index (χ0v) is 17.1. The largest absolute Gasteiger partial charge is 0.481 e. The Balaban J connectivity index is 1.83. The molecule has 1 amide bonds. The second-order valence-electron chi connectivity index (χ2n) is 7.76. The van der Waals surface area contributed by atoms with Crippen molar-refractivity contribution >= 4 is 34.8 Å². The van der Waals surface area contributed by atoms with E-state index >= 15 is 0 Å². The summed E-state index contributed by atoms with van der Waals surface area (Å²) >= 11 is 7.70. The summed E-state index contributed by atoms with van der Waals surface area (Å²) in [5.74, 6) is -0.743. The standard InChI is InChI=1S/C21H23ClN2O3S/c22-16-7-2-1-5-14(16)17-12-28-20(24-17)21(11-18(25)26)15(13-8-9-13)6-3-4-10-23-19(21)27/h1-2,5,7,12-13,15H,3-4,6,8-11H2,(H,23,27)(H,25,26)/t15-,21+/m1/s1. The number of nitrogens with zero attached hydrogens (tertiary/aromatic N) is 1. The monoisotopic (exact) mass is 418 g/mol. The predicted octanol–water partition coefficient (Wildman–Crippen LogP) is 4.50. The summed E-state index contributed by atoms with van der Waals surface area (Å²) in [6, 6.07) is 7.44. The quantitative estimate of drug-likeness (QED) is 0.749. The molecule has 28 heavy (non-hydrogen) atoms. The molecule has 2 heterocycles. The van der Waals surface area contributed by atoms with Crippen LogP contribution in [0.1, 0.15) is 43.5 Å². The van der Waals surface area contributed by atoms with E-state index in [0.717, 1.165) is 37.7 Å². The van der Waals surface area contributed by atoms with Crippen molar-refractivity contribution < 1.29 is 14.7 Å². The highest BCUT2D eigenvalue weighted by molar-refractivity contribution is 7.10. The van der Waals surface area contributed by atoms with Crippen LogP contribution in [0, 0.1) is 11.8 Å². The van der Waals surface area contributed by atoms with Crippen LogP contribution in [-0.2, 0) is 15.0 Å². The predicted molar refractivity (Wildman–Crippen MR) is 110 cm³/mol. The lowest BCUT2D eigenvalue weighted by Gasteiger charge is -2.39. The van der Waals surface area contributed by atoms with Crippen molar-refractivity contribution in [3.8, 4) is 11.3 Å². The van der Waals surface area contributed by atoms with E-state index in [2.05, 4.69) is 5.32 Å². The Morgan fingerprint density at radius 3 is 2.79 bits per heavy atom. The molecular weight excluding hydrogens is 396 g/mol. The Hall–Kier alpha value is -1.92. The molecule has 1 aliphatic heterocycles. The molecule has 2 fully saturated rings. The molecule has 0 spiro atoms. The molecule has 0 bridgehead atoms. The molecule has 148 valence electrons. The van der Waals surface area contributed by atoms with E-state index < -0.39 is 11.4 Å². The first kappa shape index (κ1) is 19.4. The highest BCUT2D eigenvalue weighted by Crippen LogP contribution is 2.52. The number of hydrogen-bond donors (Lipinski definition) is 2. The van der Waals surface area contributed by atoms with Crippen LogP contribution in [0.5, 0.6) is 0 Å². The van der Waals surface area contributed by atoms with Gasteiger partial charge in [0.05, 0.1) is 12.1 Å². The number of amides is 1. The van der Waals surface area contributed by atoms with E-state index in [1.165, 1.54) is 11.3 Å². The van der Waals surface area contributed by atoms with Crippen LogP contribution in [0.4, 0.5) is 0 Å². The fourth-order valence-electron chi connectivity index (χ4n) is 4.45. The maximum atomic E-state index is 13.3. The number of carbonyl (C=O) groups is 2. The molecule has 1 aliphatic carbocycles. The van der Waals surface area contributed by atoms with Crippen LogP contribution in [-0.4, -0.2) is 28.5 Å². The van der Waals surface area contributed by atoms with E-state index in [0.29, 0.717) is 28.2 Å². The number of benzene rings is 1. The summed E-state index contributed by atoms with van der Waals surface area (Å²) in [4.78, 5) is 30.0. The Kier molecular flexibility index (Phi) is 5.43. The topological polar surface area (TPSA) is 79.3 Å². The molecule has 0 radical (unpaired) electrons. The van der Waals surface area contributed by atoms with E-state index in [-0.39, 0.29) is 18.2 Å². The first-order chi connectivity index (χ1) is 13.5. The molecule has 7 heteroatoms. The van der Waals surface area contributed by atoms with Gasteiger partial charge in [0, 0.05) is 22.5 Å². The van der Waals surface area contributed by atoms with Gasteiger partial charge in [-0.3, -0.25) is 9.59 Å². The van der Waals surface area contributed by atoms with Gasteiger partial charge < -0.3 is 10.4 Å². The zero-order valence-electron chi connectivity index (χ0n) is 15.5. The van der Waals surface area contributed by atoms with Gasteiger partial charge in [-0.2, -0.15) is 0 Å². The van der Waals surface area contributed by atoms with Gasteiger partial charge in [-0.25, -0.2) is 4.98 Å². The van der Waals surface area contributed by atoms with E-state index in [1.807, 2.05) is 23.6 Å². The smallest absolute Gasteiger partial charge is 0.304 e. The van der Waals surface area contributed by atoms with Crippen molar-refractivity contribution in [3.05, 3.63) is 39.7 Å². The van der Waals surface area contributed by atoms with Crippen LogP contribution >= 0.6 is 22.9 Å². The average Bonchev–Trinajstić information content (AvgIpc) is 3.37. The fourth-order valence-corrected chi connectivity index (χ4v) is 5.77. The number of nitrogens with one attached hydrogen (secondary N) is 1. The molecule has 1 aromatic heterocycles. The number of hydrogen-bond acceptors (Lipinski definition) is 4. The SMILES string of the molecule is O=C(O)C[C@@]1(c2nc(-c3ccccc3Cl)cs2)C(=O)NCCCC[C@@H]1C1CC1. The number of aromatic nitrogens is 1. The van der Waals surface area contributed by atoms with Gasteiger partial charge in [-0.1, -0.05) is 36.2 Å². The number of carboxylic acid groups (broad SMARTS) is 1. The van der Waals surface area contributed by atoms with Crippen molar-refractivity contribution in [3.63, 3.8) is 0 Å². The van der Waals surface area contributed by atoms with Crippen LogP contribution in [0.15, 0.2) is 29.6 Å². The summed E-state index contributed by atoms with van der Waals surface area (Å²) in [6.45, 7) is 0.584. The lowest BCUT2D eigenvalue weighted by atomic mass is 9.67. The van der Waals surface area contributed by atoms with Gasteiger partial charge in [0.1, 0.15) is 10.4 Å². The first-order valence-corrected chi connectivity index (χ1v) is 11.0. The Bertz CT molecular complexity index is 895. The third-order valence-electron chi connectivity index (χ3n) is 5.92. The van der Waals surface area contributed by atoms with Gasteiger partial charge in [-0.05, 0) is 43.6 Å². The molecule has 0 unspecified atom stereocenters. The molecule has 4 rings (SSSR count). The number of carboxylic acids is 1. The highest BCUT2D eigenvalue weighted by atomic mass is 35.5. The van der Waals surface area contributed by atoms with Gasteiger partial charge in [0.25, 0.3) is 0 Å². The van der Waals surface area contributed by atoms with Gasteiger partial charge in [-0.15, -0.1) is 11.3 Å². The maximum absolute atomic E-state index is 13.3. The first-order valence-electron chi connectivity index (χ1n) is 9.73. The third-order valence-corrected chi connectivity index (χ3v) is 7.27. The van der Waals surface area contributed by atoms with Crippen LogP contribution in [0.2, 0.25) is 5.02 Å². The van der Waals surface area contributed by atoms with Gasteiger partial charge in [0.15, 0.2) is 0 Å². The molecular formula is C21H23ClN2O3S. The number of rotatable bonds is 5. The number of aliphatic carboxylic acids is 1. The molecule has 1 aromatic carbocycles. The lowest BCUT2D eigenvalue weighted by molar-refractivity contribution is -0.144. The lowest BCUT2D eigenvalue weighted by Crippen LogP contribution is -2.52. The van der Waals surface area contributed by atoms with Crippen molar-refractivity contribution in [2.24, 2.45) is 11.8 Å². The Morgan fingerprint density at radius 2 is 2.07 bits per heavy atom. The molecule has 1 saturated heterocycles. The second kappa shape index (κ2) is 7.84. The summed E-state index contributed by atoms with van der Waals surface area (Å²) in [7, 11) is 0. The third kappa shape index (κ3) is 3.55. The summed E-state index contributed by atoms with van der Waals surface area (Å²) in [5.41, 5.74) is 0.378. The number of thiazole rings is 1. The molecule has 2 aromatic rings. The minimum atomic E-state index is -1.11. The zero-order chi connectivity index (χ0) is 19.7. The van der Waals surface area contributed by atoms with E-state index in [1.54, 1.807) is 6.07 Å². The molecule has 1 saturated carbocycles. The molecule has 2 N–H and O–H groups in total. The van der Waals surface area contributed by atoms with Crippen LogP contribution < -0.4 is 5.32 Å². The van der Waals surface area contributed by atoms with Gasteiger partial charge >= 0.3 is 5.97 Å². The van der Waals surface area contributed by atoms with Crippen molar-refractivity contribution in [2.75, 3.05) is 6.54 Å². The molecule has 2 aliphatic rings. The van der Waals surface area contributed by atoms with Crippen molar-refractivity contribution in [1.29, 1.82) is 0 Å². The summed E-state index contributed by atoms with van der Waals surface area (Å²) in [5, 5.41) is 15.8. The van der Waals surface area contributed by atoms with Crippen LogP contribution in [0.25, 0.3) is 11.3 Å². The second-order valence-corrected chi connectivity index (χ2v) is 9.02. The minimum absolute atomic E-state index is 0.00847. The Labute approximate surface area is 173 Å². The van der Waals surface area contributed by atoms with Crippen molar-refractivity contribution in [2.45, 2.75) is 43.9 Å². The number of halogens is 1. The Morgan fingerprint density at radius 1 is 1.29 bits per heavy atom. The minimum Gasteiger partial charge on any atom is -0.481 e. The number of carbonyl (C=O) groups excluding carboxylic acids is 1. The molecule has 2 atom stereocenters. The van der Waals surface area contributed by atoms with Gasteiger partial charge in [0.2, 0.25) is 5.91 Å². The van der Waals surface area contributed by atoms with Crippen molar-refractivity contribution in [1.82, 2.24) is 10.3 Å². The summed E-state index contributed by atoms with van der Waals surface area (Å²) < 4.78 is 0. The highest BCUT2D eigenvalue weighted by Gasteiger charge is 2.55. The summed E-state index contributed by atoms with van der Waals surface area (Å²) in [6.07, 6.45) is 4.68. The average molecular weight is 419 g/mol. The van der Waals surface area contributed by atoms with E-state index in [9.17, 15) is 14.7 Å².